The van der Waals surface area contributed by atoms with Crippen LogP contribution >= 0.6 is 11.6 Å². The monoisotopic (exact) mass is 495 g/mol. The van der Waals surface area contributed by atoms with Crippen molar-refractivity contribution in [3.05, 3.63) is 69.0 Å². The number of methoxy groups -OCH3 is 2. The SMILES string of the molecule is COc1ccc(C=Cc2nn(CC(=O)NCc3ccccc3OC(F)F)c(=O)o2)c(Cl)c1OC. The number of nitrogens with zero attached hydrogens (tertiary/aromatic N) is 2. The number of alkyl halides is 2. The maximum Gasteiger partial charge on any atom is 0.437 e. The second kappa shape index (κ2) is 11.3. The van der Waals surface area contributed by atoms with Crippen LogP contribution in [0.5, 0.6) is 17.2 Å². The lowest BCUT2D eigenvalue weighted by molar-refractivity contribution is -0.122. The first-order valence-electron chi connectivity index (χ1n) is 9.78. The summed E-state index contributed by atoms with van der Waals surface area (Å²) in [6, 6.07) is 9.38. The van der Waals surface area contributed by atoms with E-state index in [1.165, 1.54) is 38.5 Å². The number of rotatable bonds is 10. The van der Waals surface area contributed by atoms with Gasteiger partial charge in [-0.15, -0.1) is 5.10 Å². The van der Waals surface area contributed by atoms with E-state index in [-0.39, 0.29) is 23.2 Å². The molecule has 180 valence electrons. The molecule has 0 radical (unpaired) electrons. The van der Waals surface area contributed by atoms with E-state index in [1.54, 1.807) is 24.3 Å². The van der Waals surface area contributed by atoms with Crippen molar-refractivity contribution in [1.82, 2.24) is 15.1 Å². The average Bonchev–Trinajstić information content (AvgIpc) is 3.15. The highest BCUT2D eigenvalue weighted by molar-refractivity contribution is 6.34. The van der Waals surface area contributed by atoms with E-state index in [2.05, 4.69) is 15.2 Å². The van der Waals surface area contributed by atoms with Gasteiger partial charge in [-0.25, -0.2) is 4.79 Å². The summed E-state index contributed by atoms with van der Waals surface area (Å²) in [4.78, 5) is 24.3. The lowest BCUT2D eigenvalue weighted by Crippen LogP contribution is -2.31. The molecular weight excluding hydrogens is 476 g/mol. The Morgan fingerprint density at radius 1 is 1.18 bits per heavy atom. The Labute approximate surface area is 197 Å². The predicted octanol–water partition coefficient (Wildman–Crippen LogP) is 3.60. The quantitative estimate of drug-likeness (QED) is 0.458. The highest BCUT2D eigenvalue weighted by Crippen LogP contribution is 2.37. The number of carbonyl (C=O) groups is 1. The number of benzene rings is 2. The van der Waals surface area contributed by atoms with E-state index in [0.717, 1.165) is 4.68 Å². The number of hydrogen-bond acceptors (Lipinski definition) is 7. The molecule has 0 fully saturated rings. The molecule has 0 bridgehead atoms. The molecule has 34 heavy (non-hydrogen) atoms. The number of carbonyl (C=O) groups excluding carboxylic acids is 1. The third kappa shape index (κ3) is 6.13. The summed E-state index contributed by atoms with van der Waals surface area (Å²) in [6.07, 6.45) is 2.96. The molecule has 2 aromatic carbocycles. The number of halogens is 3. The highest BCUT2D eigenvalue weighted by atomic mass is 35.5. The maximum atomic E-state index is 12.5. The molecule has 12 heteroatoms. The first-order chi connectivity index (χ1) is 16.3. The van der Waals surface area contributed by atoms with Crippen LogP contribution < -0.4 is 25.3 Å². The summed E-state index contributed by atoms with van der Waals surface area (Å²) in [6.45, 7) is -3.52. The molecular formula is C22H20ClF2N3O6. The minimum Gasteiger partial charge on any atom is -0.493 e. The van der Waals surface area contributed by atoms with Gasteiger partial charge in [-0.3, -0.25) is 4.79 Å². The number of para-hydroxylation sites is 1. The molecule has 3 rings (SSSR count). The van der Waals surface area contributed by atoms with E-state index in [1.807, 2.05) is 0 Å². The maximum absolute atomic E-state index is 12.5. The minimum atomic E-state index is -2.99. The van der Waals surface area contributed by atoms with Crippen molar-refractivity contribution < 1.29 is 32.2 Å². The van der Waals surface area contributed by atoms with Crippen LogP contribution in [0, 0.1) is 0 Å². The van der Waals surface area contributed by atoms with Crippen LogP contribution in [0.3, 0.4) is 0 Å². The van der Waals surface area contributed by atoms with Gasteiger partial charge < -0.3 is 23.9 Å². The zero-order chi connectivity index (χ0) is 24.7. The lowest BCUT2D eigenvalue weighted by Gasteiger charge is -2.11. The van der Waals surface area contributed by atoms with Crippen molar-refractivity contribution in [2.75, 3.05) is 14.2 Å². The molecule has 1 amide bonds. The van der Waals surface area contributed by atoms with Gasteiger partial charge in [0.2, 0.25) is 11.8 Å². The number of ether oxygens (including phenoxy) is 3. The van der Waals surface area contributed by atoms with E-state index in [9.17, 15) is 18.4 Å². The second-order valence-corrected chi connectivity index (χ2v) is 7.04. The molecule has 0 aliphatic carbocycles. The van der Waals surface area contributed by atoms with Gasteiger partial charge in [-0.2, -0.15) is 13.5 Å². The van der Waals surface area contributed by atoms with Gasteiger partial charge >= 0.3 is 12.4 Å². The van der Waals surface area contributed by atoms with Crippen LogP contribution in [0.15, 0.2) is 45.6 Å². The fourth-order valence-electron chi connectivity index (χ4n) is 2.93. The van der Waals surface area contributed by atoms with Crippen LogP contribution in [0.4, 0.5) is 8.78 Å². The van der Waals surface area contributed by atoms with Gasteiger partial charge in [0, 0.05) is 18.2 Å². The van der Waals surface area contributed by atoms with Gasteiger partial charge in [0.1, 0.15) is 12.3 Å². The van der Waals surface area contributed by atoms with E-state index in [4.69, 9.17) is 25.5 Å². The topological polar surface area (TPSA) is 105 Å². The van der Waals surface area contributed by atoms with Gasteiger partial charge in [0.05, 0.1) is 19.2 Å². The summed E-state index contributed by atoms with van der Waals surface area (Å²) < 4.78 is 45.7. The molecule has 0 saturated carbocycles. The number of nitrogens with one attached hydrogen (secondary N) is 1. The van der Waals surface area contributed by atoms with Crippen LogP contribution in [-0.2, 0) is 17.9 Å². The third-order valence-corrected chi connectivity index (χ3v) is 4.89. The number of amides is 1. The second-order valence-electron chi connectivity index (χ2n) is 6.66. The molecule has 0 atom stereocenters. The Kier molecular flexibility index (Phi) is 8.25. The van der Waals surface area contributed by atoms with Gasteiger partial charge in [0.15, 0.2) is 11.5 Å². The molecule has 9 nitrogen and oxygen atoms in total. The van der Waals surface area contributed by atoms with Crippen molar-refractivity contribution in [2.24, 2.45) is 0 Å². The molecule has 1 heterocycles. The van der Waals surface area contributed by atoms with Gasteiger partial charge in [-0.05, 0) is 29.8 Å². The van der Waals surface area contributed by atoms with Crippen LogP contribution in [0.1, 0.15) is 17.0 Å². The Morgan fingerprint density at radius 2 is 1.94 bits per heavy atom. The van der Waals surface area contributed by atoms with Gasteiger partial charge in [0.25, 0.3) is 0 Å². The summed E-state index contributed by atoms with van der Waals surface area (Å²) >= 11 is 6.31. The summed E-state index contributed by atoms with van der Waals surface area (Å²) in [5, 5.41) is 6.76. The molecule has 1 N–H and O–H groups in total. The minimum absolute atomic E-state index is 0.0562. The molecule has 0 spiro atoms. The van der Waals surface area contributed by atoms with Crippen molar-refractivity contribution in [3.8, 4) is 17.2 Å². The van der Waals surface area contributed by atoms with Crippen LogP contribution in [-0.4, -0.2) is 36.5 Å². The lowest BCUT2D eigenvalue weighted by atomic mass is 10.2. The fourth-order valence-corrected chi connectivity index (χ4v) is 3.23. The van der Waals surface area contributed by atoms with Gasteiger partial charge in [-0.1, -0.05) is 29.8 Å². The van der Waals surface area contributed by atoms with Crippen molar-refractivity contribution in [2.45, 2.75) is 19.7 Å². The van der Waals surface area contributed by atoms with Crippen LogP contribution in [0.25, 0.3) is 12.2 Å². The molecule has 0 aliphatic rings. The number of aromatic nitrogens is 2. The van der Waals surface area contributed by atoms with E-state index < -0.39 is 24.8 Å². The predicted molar refractivity (Wildman–Crippen MR) is 119 cm³/mol. The highest BCUT2D eigenvalue weighted by Gasteiger charge is 2.14. The van der Waals surface area contributed by atoms with Crippen molar-refractivity contribution >= 4 is 29.7 Å². The molecule has 3 aromatic rings. The van der Waals surface area contributed by atoms with E-state index in [0.29, 0.717) is 22.6 Å². The standard InChI is InChI=1S/C22H20ClF2N3O6/c1-31-16-9-7-13(19(23)20(16)32-2)8-10-18-27-28(22(30)34-18)12-17(29)26-11-14-5-3-4-6-15(14)33-21(24)25/h3-10,21H,11-12H2,1-2H3,(H,26,29). The fraction of sp³-hybridized carbons (Fsp3) is 0.227. The molecule has 0 saturated heterocycles. The zero-order valence-corrected chi connectivity index (χ0v) is 18.8. The summed E-state index contributed by atoms with van der Waals surface area (Å²) in [7, 11) is 2.94. The van der Waals surface area contributed by atoms with Crippen molar-refractivity contribution in [3.63, 3.8) is 0 Å². The van der Waals surface area contributed by atoms with Crippen LogP contribution in [0.2, 0.25) is 5.02 Å². The Hall–Kier alpha value is -3.86. The number of hydrogen-bond donors (Lipinski definition) is 1. The molecule has 0 unspecified atom stereocenters. The first-order valence-corrected chi connectivity index (χ1v) is 10.2. The summed E-state index contributed by atoms with van der Waals surface area (Å²) in [5.41, 5.74) is 0.901. The van der Waals surface area contributed by atoms with E-state index >= 15 is 0 Å². The zero-order valence-electron chi connectivity index (χ0n) is 18.1. The normalized spacial score (nSPS) is 11.1. The smallest absolute Gasteiger partial charge is 0.437 e. The summed E-state index contributed by atoms with van der Waals surface area (Å²) in [5.74, 6) is -0.752. The third-order valence-electron chi connectivity index (χ3n) is 4.50. The Morgan fingerprint density at radius 3 is 2.65 bits per heavy atom. The largest absolute Gasteiger partial charge is 0.493 e. The molecule has 0 aliphatic heterocycles. The Balaban J connectivity index is 1.66. The van der Waals surface area contributed by atoms with Crippen molar-refractivity contribution in [1.29, 1.82) is 0 Å². The first kappa shape index (κ1) is 24.8. The Bertz CT molecular complexity index is 1240. The molecule has 1 aromatic heterocycles. The average molecular weight is 496 g/mol.